The maximum Gasteiger partial charge on any atom is 0.323 e. The summed E-state index contributed by atoms with van der Waals surface area (Å²) in [4.78, 5) is 21.0. The minimum Gasteiger partial charge on any atom is -0.494 e. The Kier molecular flexibility index (Phi) is 5.92. The number of carboxylic acid groups (broad SMARTS) is 1. The van der Waals surface area contributed by atoms with E-state index < -0.39 is 16.4 Å². The third kappa shape index (κ3) is 4.57. The molecule has 0 spiro atoms. The van der Waals surface area contributed by atoms with Crippen LogP contribution in [0.3, 0.4) is 0 Å². The minimum absolute atomic E-state index is 0.00948. The number of hydrogen-bond acceptors (Lipinski definition) is 5. The molecule has 1 unspecified atom stereocenters. The fourth-order valence-electron chi connectivity index (χ4n) is 1.74. The molecular weight excluding hydrogens is 300 g/mol. The number of carboxylic acids is 1. The van der Waals surface area contributed by atoms with Crippen molar-refractivity contribution < 1.29 is 19.6 Å². The Labute approximate surface area is 126 Å². The summed E-state index contributed by atoms with van der Waals surface area (Å²) in [5.41, 5.74) is 4.30. The van der Waals surface area contributed by atoms with Gasteiger partial charge >= 0.3 is 5.97 Å². The van der Waals surface area contributed by atoms with Gasteiger partial charge in [-0.25, -0.2) is 0 Å². The smallest absolute Gasteiger partial charge is 0.323 e. The van der Waals surface area contributed by atoms with Gasteiger partial charge in [-0.05, 0) is 25.3 Å². The summed E-state index contributed by atoms with van der Waals surface area (Å²) in [6.07, 6.45) is 1.05. The molecule has 7 nitrogen and oxygen atoms in total. The number of hydrogen-bond donors (Lipinski definition) is 2. The molecule has 1 rings (SSSR count). The van der Waals surface area contributed by atoms with Crippen LogP contribution in [0.4, 0.5) is 5.69 Å². The number of nitro groups is 1. The molecule has 1 atom stereocenters. The highest BCUT2D eigenvalue weighted by molar-refractivity contribution is 6.32. The Morgan fingerprint density at radius 1 is 1.57 bits per heavy atom. The van der Waals surface area contributed by atoms with Gasteiger partial charge in [-0.1, -0.05) is 18.5 Å². The molecule has 1 aromatic rings. The van der Waals surface area contributed by atoms with Crippen LogP contribution in [0.15, 0.2) is 18.2 Å². The quantitative estimate of drug-likeness (QED) is 0.432. The van der Waals surface area contributed by atoms with Crippen LogP contribution in [-0.4, -0.2) is 28.1 Å². The van der Waals surface area contributed by atoms with Crippen molar-refractivity contribution in [2.75, 3.05) is 6.61 Å². The van der Waals surface area contributed by atoms with Crippen LogP contribution < -0.4 is 10.5 Å². The second-order valence-corrected chi connectivity index (χ2v) is 5.04. The molecule has 0 aliphatic rings. The summed E-state index contributed by atoms with van der Waals surface area (Å²) in [6.45, 7) is 1.96. The van der Waals surface area contributed by atoms with Crippen molar-refractivity contribution in [2.45, 2.75) is 31.7 Å². The van der Waals surface area contributed by atoms with Crippen molar-refractivity contribution in [3.63, 3.8) is 0 Å². The molecule has 0 bridgehead atoms. The molecule has 8 heteroatoms. The molecule has 0 fully saturated rings. The maximum absolute atomic E-state index is 11.0. The highest BCUT2D eigenvalue weighted by Gasteiger charge is 2.31. The molecule has 0 radical (unpaired) electrons. The first-order chi connectivity index (χ1) is 9.80. The number of nitrogens with zero attached hydrogens (tertiary/aromatic N) is 1. The minimum atomic E-state index is -1.25. The number of nitrogens with two attached hydrogens (primary N) is 1. The van der Waals surface area contributed by atoms with Gasteiger partial charge < -0.3 is 15.6 Å². The van der Waals surface area contributed by atoms with Crippen molar-refractivity contribution in [3.8, 4) is 5.75 Å². The van der Waals surface area contributed by atoms with Crippen molar-refractivity contribution in [1.29, 1.82) is 0 Å². The van der Waals surface area contributed by atoms with E-state index in [2.05, 4.69) is 0 Å². The van der Waals surface area contributed by atoms with Gasteiger partial charge in [0.2, 0.25) is 0 Å². The summed E-state index contributed by atoms with van der Waals surface area (Å²) in [5, 5.41) is 19.6. The summed E-state index contributed by atoms with van der Waals surface area (Å²) in [5.74, 6) is -0.650. The first-order valence-electron chi connectivity index (χ1n) is 6.39. The Bertz CT molecular complexity index is 537. The number of nitro benzene ring substituents is 1. The Balaban J connectivity index is 2.52. The SMILES string of the molecule is CCC(N)(CCCOc1ccc([N+](=O)[O-])c(Cl)c1)C(=O)O. The van der Waals surface area contributed by atoms with Gasteiger partial charge in [0.1, 0.15) is 16.3 Å². The molecule has 116 valence electrons. The van der Waals surface area contributed by atoms with E-state index in [0.29, 0.717) is 18.6 Å². The third-order valence-corrected chi connectivity index (χ3v) is 3.51. The average Bonchev–Trinajstić information content (AvgIpc) is 2.42. The number of ether oxygens (including phenoxy) is 1. The third-order valence-electron chi connectivity index (χ3n) is 3.21. The predicted molar refractivity (Wildman–Crippen MR) is 77.7 cm³/mol. The van der Waals surface area contributed by atoms with E-state index in [4.69, 9.17) is 27.2 Å². The lowest BCUT2D eigenvalue weighted by Crippen LogP contribution is -2.47. The van der Waals surface area contributed by atoms with Gasteiger partial charge in [0.05, 0.1) is 11.5 Å². The molecule has 0 heterocycles. The Morgan fingerprint density at radius 2 is 2.24 bits per heavy atom. The molecule has 1 aromatic carbocycles. The van der Waals surface area contributed by atoms with Crippen LogP contribution in [0.25, 0.3) is 0 Å². The van der Waals surface area contributed by atoms with Crippen LogP contribution in [0.2, 0.25) is 5.02 Å². The fraction of sp³-hybridized carbons (Fsp3) is 0.462. The van der Waals surface area contributed by atoms with E-state index in [1.807, 2.05) is 0 Å². The predicted octanol–water partition coefficient (Wildman–Crippen LogP) is 2.60. The van der Waals surface area contributed by atoms with Crippen molar-refractivity contribution >= 4 is 23.3 Å². The van der Waals surface area contributed by atoms with Crippen LogP contribution in [0.1, 0.15) is 26.2 Å². The van der Waals surface area contributed by atoms with Gasteiger partial charge in [0, 0.05) is 12.1 Å². The highest BCUT2D eigenvalue weighted by Crippen LogP contribution is 2.28. The van der Waals surface area contributed by atoms with Crippen LogP contribution in [-0.2, 0) is 4.79 Å². The number of benzene rings is 1. The van der Waals surface area contributed by atoms with Crippen molar-refractivity contribution in [3.05, 3.63) is 33.3 Å². The van der Waals surface area contributed by atoms with E-state index in [1.165, 1.54) is 18.2 Å². The second-order valence-electron chi connectivity index (χ2n) is 4.64. The average molecular weight is 317 g/mol. The summed E-state index contributed by atoms with van der Waals surface area (Å²) < 4.78 is 5.39. The van der Waals surface area contributed by atoms with Gasteiger partial charge in [-0.15, -0.1) is 0 Å². The molecule has 0 aliphatic heterocycles. The molecule has 0 saturated heterocycles. The van der Waals surface area contributed by atoms with Gasteiger partial charge in [-0.2, -0.15) is 0 Å². The van der Waals surface area contributed by atoms with Gasteiger partial charge in [0.25, 0.3) is 5.69 Å². The van der Waals surface area contributed by atoms with Crippen LogP contribution in [0.5, 0.6) is 5.75 Å². The topological polar surface area (TPSA) is 116 Å². The number of halogens is 1. The largest absolute Gasteiger partial charge is 0.494 e. The maximum atomic E-state index is 11.0. The zero-order valence-electron chi connectivity index (χ0n) is 11.5. The Morgan fingerprint density at radius 3 is 2.71 bits per heavy atom. The number of carbonyl (C=O) groups is 1. The van der Waals surface area contributed by atoms with Crippen molar-refractivity contribution in [1.82, 2.24) is 0 Å². The first-order valence-corrected chi connectivity index (χ1v) is 6.77. The monoisotopic (exact) mass is 316 g/mol. The first kappa shape index (κ1) is 17.2. The van der Waals surface area contributed by atoms with Gasteiger partial charge in [-0.3, -0.25) is 14.9 Å². The normalized spacial score (nSPS) is 13.5. The molecule has 3 N–H and O–H groups in total. The lowest BCUT2D eigenvalue weighted by Gasteiger charge is -2.22. The molecule has 0 amide bonds. The zero-order valence-corrected chi connectivity index (χ0v) is 12.3. The number of rotatable bonds is 8. The molecule has 0 aliphatic carbocycles. The summed E-state index contributed by atoms with van der Waals surface area (Å²) in [6, 6.07) is 4.05. The zero-order chi connectivity index (χ0) is 16.0. The lowest BCUT2D eigenvalue weighted by molar-refractivity contribution is -0.384. The van der Waals surface area contributed by atoms with Crippen LogP contribution >= 0.6 is 11.6 Å². The molecule has 0 saturated carbocycles. The molecule has 0 aromatic heterocycles. The summed E-state index contributed by atoms with van der Waals surface area (Å²) in [7, 11) is 0. The fourth-order valence-corrected chi connectivity index (χ4v) is 1.98. The summed E-state index contributed by atoms with van der Waals surface area (Å²) >= 11 is 5.75. The van der Waals surface area contributed by atoms with E-state index in [1.54, 1.807) is 6.92 Å². The molecular formula is C13H17ClN2O5. The van der Waals surface area contributed by atoms with E-state index >= 15 is 0 Å². The van der Waals surface area contributed by atoms with E-state index in [9.17, 15) is 14.9 Å². The van der Waals surface area contributed by atoms with E-state index in [-0.39, 0.29) is 23.7 Å². The lowest BCUT2D eigenvalue weighted by atomic mass is 9.92. The van der Waals surface area contributed by atoms with E-state index in [0.717, 1.165) is 0 Å². The molecule has 21 heavy (non-hydrogen) atoms. The Hall–Kier alpha value is -1.86. The highest BCUT2D eigenvalue weighted by atomic mass is 35.5. The van der Waals surface area contributed by atoms with Gasteiger partial charge in [0.15, 0.2) is 0 Å². The van der Waals surface area contributed by atoms with Crippen LogP contribution in [0, 0.1) is 10.1 Å². The second kappa shape index (κ2) is 7.24. The van der Waals surface area contributed by atoms with Crippen molar-refractivity contribution in [2.24, 2.45) is 5.73 Å². The number of aliphatic carboxylic acids is 1. The standard InChI is InChI=1S/C13H17ClN2O5/c1-2-13(15,12(17)18)6-3-7-21-9-4-5-11(16(19)20)10(14)8-9/h4-5,8H,2-3,6-7,15H2,1H3,(H,17,18).